The maximum absolute atomic E-state index is 8.74. The molecule has 1 saturated heterocycles. The van der Waals surface area contributed by atoms with Crippen LogP contribution in [0.4, 0.5) is 0 Å². The fourth-order valence-corrected chi connectivity index (χ4v) is 1.40. The van der Waals surface area contributed by atoms with Gasteiger partial charge in [0.2, 0.25) is 0 Å². The predicted octanol–water partition coefficient (Wildman–Crippen LogP) is 0.407. The van der Waals surface area contributed by atoms with Crippen molar-refractivity contribution in [2.24, 2.45) is 0 Å². The number of hydrogen-bond acceptors (Lipinski definition) is 2. The molecule has 1 rings (SSSR count). The van der Waals surface area contributed by atoms with Gasteiger partial charge >= 0.3 is 0 Å². The summed E-state index contributed by atoms with van der Waals surface area (Å²) in [6, 6.07) is 0.676. The zero-order chi connectivity index (χ0) is 7.56. The molecular weight excluding hydrogens is 194 g/mol. The Morgan fingerprint density at radius 3 is 2.90 bits per heavy atom. The Morgan fingerprint density at radius 2 is 2.50 bits per heavy atom. The Hall–Kier alpha value is -0.0400. The quantitative estimate of drug-likeness (QED) is 0.625. The normalized spacial score (nSPS) is 32.3. The van der Waals surface area contributed by atoms with Gasteiger partial charge in [-0.15, -0.1) is 0 Å². The summed E-state index contributed by atoms with van der Waals surface area (Å²) in [5.74, 6) is 2.98. The largest absolute Gasteiger partial charge is 0.395 e. The van der Waals surface area contributed by atoms with Crippen molar-refractivity contribution in [2.75, 3.05) is 13.7 Å². The second-order valence-electron chi connectivity index (χ2n) is 2.49. The Balaban J connectivity index is 2.36. The number of rotatable bonds is 1. The van der Waals surface area contributed by atoms with Crippen LogP contribution in [0.3, 0.4) is 0 Å². The summed E-state index contributed by atoms with van der Waals surface area (Å²) in [6.45, 7) is 0.247. The SMILES string of the molecule is CN1[C@@H](CO)C[C@@H]1C#CBr. The van der Waals surface area contributed by atoms with Crippen LogP contribution in [-0.2, 0) is 0 Å². The van der Waals surface area contributed by atoms with E-state index in [-0.39, 0.29) is 6.61 Å². The van der Waals surface area contributed by atoms with Gasteiger partial charge in [0.05, 0.1) is 12.6 Å². The van der Waals surface area contributed by atoms with Crippen molar-refractivity contribution >= 4 is 15.9 Å². The van der Waals surface area contributed by atoms with Gasteiger partial charge in [-0.3, -0.25) is 4.90 Å². The van der Waals surface area contributed by atoms with Crippen LogP contribution >= 0.6 is 15.9 Å². The summed E-state index contributed by atoms with van der Waals surface area (Å²) < 4.78 is 0. The number of aliphatic hydroxyl groups is 1. The molecule has 0 aromatic carbocycles. The molecule has 1 N–H and O–H groups in total. The minimum Gasteiger partial charge on any atom is -0.395 e. The second kappa shape index (κ2) is 3.38. The number of halogens is 1. The van der Waals surface area contributed by atoms with Gasteiger partial charge in [-0.05, 0) is 18.3 Å². The van der Waals surface area contributed by atoms with Gasteiger partial charge < -0.3 is 5.11 Å². The fraction of sp³-hybridized carbons (Fsp3) is 0.714. The number of likely N-dealkylation sites (N-methyl/N-ethyl adjacent to an activating group) is 1. The van der Waals surface area contributed by atoms with Gasteiger partial charge in [-0.25, -0.2) is 0 Å². The van der Waals surface area contributed by atoms with E-state index in [0.717, 1.165) is 6.42 Å². The topological polar surface area (TPSA) is 23.5 Å². The van der Waals surface area contributed by atoms with Crippen LogP contribution in [0.25, 0.3) is 0 Å². The lowest BCUT2D eigenvalue weighted by molar-refractivity contribution is 0.0346. The van der Waals surface area contributed by atoms with Crippen LogP contribution in [0.1, 0.15) is 6.42 Å². The van der Waals surface area contributed by atoms with Crippen molar-refractivity contribution in [2.45, 2.75) is 18.5 Å². The second-order valence-corrected chi connectivity index (χ2v) is 2.89. The number of aliphatic hydroxyl groups excluding tert-OH is 1. The van der Waals surface area contributed by atoms with E-state index in [9.17, 15) is 0 Å². The fourth-order valence-electron chi connectivity index (χ4n) is 1.13. The molecule has 2 nitrogen and oxygen atoms in total. The average Bonchev–Trinajstić information content (AvgIpc) is 1.96. The standard InChI is InChI=1S/C7H10BrNO/c1-9-6(2-3-8)4-7(9)5-10/h6-7,10H,4-5H2,1H3/t6-,7+/m0/s1. The smallest absolute Gasteiger partial charge is 0.0740 e. The maximum Gasteiger partial charge on any atom is 0.0740 e. The molecule has 0 aliphatic carbocycles. The van der Waals surface area contributed by atoms with E-state index in [0.29, 0.717) is 12.1 Å². The van der Waals surface area contributed by atoms with Crippen molar-refractivity contribution < 1.29 is 5.11 Å². The average molecular weight is 204 g/mol. The molecule has 1 aliphatic rings. The third-order valence-electron chi connectivity index (χ3n) is 1.99. The molecule has 0 spiro atoms. The van der Waals surface area contributed by atoms with E-state index >= 15 is 0 Å². The van der Waals surface area contributed by atoms with Gasteiger partial charge in [-0.1, -0.05) is 5.92 Å². The Labute approximate surface area is 69.3 Å². The first-order valence-corrected chi connectivity index (χ1v) is 4.03. The zero-order valence-corrected chi connectivity index (χ0v) is 7.43. The van der Waals surface area contributed by atoms with E-state index < -0.39 is 0 Å². The van der Waals surface area contributed by atoms with Crippen LogP contribution in [0.2, 0.25) is 0 Å². The van der Waals surface area contributed by atoms with E-state index in [4.69, 9.17) is 5.11 Å². The van der Waals surface area contributed by atoms with Crippen LogP contribution in [0.15, 0.2) is 0 Å². The lowest BCUT2D eigenvalue weighted by atomic mass is 9.95. The Bertz CT molecular complexity index is 172. The minimum atomic E-state index is 0.247. The molecule has 0 radical (unpaired) electrons. The molecular formula is C7H10BrNO. The highest BCUT2D eigenvalue weighted by Crippen LogP contribution is 2.21. The first-order valence-electron chi connectivity index (χ1n) is 3.23. The van der Waals surface area contributed by atoms with E-state index in [2.05, 4.69) is 31.6 Å². The molecule has 0 aromatic rings. The van der Waals surface area contributed by atoms with Gasteiger partial charge in [-0.2, -0.15) is 0 Å². The molecule has 10 heavy (non-hydrogen) atoms. The van der Waals surface area contributed by atoms with Gasteiger partial charge in [0.1, 0.15) is 0 Å². The maximum atomic E-state index is 8.74. The molecule has 1 fully saturated rings. The monoisotopic (exact) mass is 203 g/mol. The van der Waals surface area contributed by atoms with Crippen LogP contribution in [0.5, 0.6) is 0 Å². The molecule has 1 aliphatic heterocycles. The van der Waals surface area contributed by atoms with Crippen molar-refractivity contribution in [1.29, 1.82) is 0 Å². The third kappa shape index (κ3) is 1.34. The first-order chi connectivity index (χ1) is 4.79. The summed E-state index contributed by atoms with van der Waals surface area (Å²) in [7, 11) is 1.98. The zero-order valence-electron chi connectivity index (χ0n) is 5.84. The molecule has 0 saturated carbocycles. The molecule has 0 unspecified atom stereocenters. The van der Waals surface area contributed by atoms with Crippen molar-refractivity contribution in [3.8, 4) is 10.8 Å². The lowest BCUT2D eigenvalue weighted by Crippen LogP contribution is -2.54. The highest BCUT2D eigenvalue weighted by atomic mass is 79.9. The Morgan fingerprint density at radius 1 is 1.80 bits per heavy atom. The van der Waals surface area contributed by atoms with Crippen molar-refractivity contribution in [3.05, 3.63) is 0 Å². The summed E-state index contributed by atoms with van der Waals surface area (Å²) in [5.41, 5.74) is 0. The minimum absolute atomic E-state index is 0.247. The first kappa shape index (κ1) is 8.06. The highest BCUT2D eigenvalue weighted by Gasteiger charge is 2.32. The summed E-state index contributed by atoms with van der Waals surface area (Å²) in [6.07, 6.45) is 0.992. The molecule has 3 heteroatoms. The van der Waals surface area contributed by atoms with E-state index in [1.54, 1.807) is 0 Å². The third-order valence-corrected chi connectivity index (χ3v) is 2.22. The Kier molecular flexibility index (Phi) is 2.72. The van der Waals surface area contributed by atoms with E-state index in [1.807, 2.05) is 7.05 Å². The molecule has 0 aromatic heterocycles. The molecule has 56 valence electrons. The van der Waals surface area contributed by atoms with Gasteiger partial charge in [0, 0.05) is 22.0 Å². The summed E-state index contributed by atoms with van der Waals surface area (Å²) in [4.78, 5) is 4.76. The van der Waals surface area contributed by atoms with Crippen molar-refractivity contribution in [1.82, 2.24) is 4.90 Å². The molecule has 0 bridgehead atoms. The molecule has 2 atom stereocenters. The number of likely N-dealkylation sites (tertiary alicyclic amines) is 1. The predicted molar refractivity (Wildman–Crippen MR) is 43.7 cm³/mol. The van der Waals surface area contributed by atoms with Crippen LogP contribution in [-0.4, -0.2) is 35.7 Å². The van der Waals surface area contributed by atoms with Gasteiger partial charge in [0.25, 0.3) is 0 Å². The summed E-state index contributed by atoms with van der Waals surface area (Å²) >= 11 is 3.04. The molecule has 1 heterocycles. The number of nitrogens with zero attached hydrogens (tertiary/aromatic N) is 1. The van der Waals surface area contributed by atoms with Crippen molar-refractivity contribution in [3.63, 3.8) is 0 Å². The summed E-state index contributed by atoms with van der Waals surface area (Å²) in [5, 5.41) is 8.74. The van der Waals surface area contributed by atoms with E-state index in [1.165, 1.54) is 0 Å². The van der Waals surface area contributed by atoms with Crippen LogP contribution in [0, 0.1) is 10.8 Å². The molecule has 0 amide bonds. The number of hydrogen-bond donors (Lipinski definition) is 1. The van der Waals surface area contributed by atoms with Crippen LogP contribution < -0.4 is 0 Å². The highest BCUT2D eigenvalue weighted by molar-refractivity contribution is 9.12. The lowest BCUT2D eigenvalue weighted by Gasteiger charge is -2.42. The van der Waals surface area contributed by atoms with Gasteiger partial charge in [0.15, 0.2) is 0 Å².